The van der Waals surface area contributed by atoms with Crippen LogP contribution < -0.4 is 0 Å². The van der Waals surface area contributed by atoms with Crippen molar-refractivity contribution in [3.8, 4) is 0 Å². The van der Waals surface area contributed by atoms with Crippen molar-refractivity contribution in [2.24, 2.45) is 0 Å². The summed E-state index contributed by atoms with van der Waals surface area (Å²) in [6.45, 7) is 6.62. The van der Waals surface area contributed by atoms with Gasteiger partial charge in [-0.2, -0.15) is 0 Å². The minimum absolute atomic E-state index is 0.0272. The standard InChI is InChI=1S/C9H19NO/c1-3-10(4-2)8-5-6-9(11)7-8/h8-9,11H,3-7H2,1-2H3. The average molecular weight is 157 g/mol. The van der Waals surface area contributed by atoms with Gasteiger partial charge < -0.3 is 10.0 Å². The lowest BCUT2D eigenvalue weighted by atomic mass is 10.2. The molecule has 1 N–H and O–H groups in total. The largest absolute Gasteiger partial charge is 0.393 e. The molecule has 0 heterocycles. The number of rotatable bonds is 3. The van der Waals surface area contributed by atoms with Crippen molar-refractivity contribution in [2.45, 2.75) is 45.3 Å². The lowest BCUT2D eigenvalue weighted by molar-refractivity contribution is 0.157. The summed E-state index contributed by atoms with van der Waals surface area (Å²) in [4.78, 5) is 2.44. The molecule has 0 aromatic heterocycles. The molecule has 1 fully saturated rings. The second kappa shape index (κ2) is 4.07. The van der Waals surface area contributed by atoms with Crippen molar-refractivity contribution >= 4 is 0 Å². The van der Waals surface area contributed by atoms with Gasteiger partial charge in [0.1, 0.15) is 0 Å². The minimum atomic E-state index is -0.0272. The highest BCUT2D eigenvalue weighted by atomic mass is 16.3. The van der Waals surface area contributed by atoms with E-state index >= 15 is 0 Å². The number of aliphatic hydroxyl groups excluding tert-OH is 1. The van der Waals surface area contributed by atoms with E-state index in [0.29, 0.717) is 6.04 Å². The maximum Gasteiger partial charge on any atom is 0.0555 e. The monoisotopic (exact) mass is 157 g/mol. The first kappa shape index (κ1) is 9.01. The predicted octanol–water partition coefficient (Wildman–Crippen LogP) is 1.24. The molecule has 1 saturated carbocycles. The van der Waals surface area contributed by atoms with Gasteiger partial charge in [-0.3, -0.25) is 0 Å². The summed E-state index contributed by atoms with van der Waals surface area (Å²) >= 11 is 0. The molecular formula is C9H19NO. The van der Waals surface area contributed by atoms with E-state index in [-0.39, 0.29) is 6.10 Å². The third-order valence-electron chi connectivity index (χ3n) is 2.71. The molecule has 0 aromatic rings. The minimum Gasteiger partial charge on any atom is -0.393 e. The van der Waals surface area contributed by atoms with Crippen LogP contribution in [0.1, 0.15) is 33.1 Å². The van der Waals surface area contributed by atoms with Crippen LogP contribution in [-0.2, 0) is 0 Å². The highest BCUT2D eigenvalue weighted by molar-refractivity contribution is 4.81. The van der Waals surface area contributed by atoms with E-state index in [1.54, 1.807) is 0 Å². The first-order valence-electron chi connectivity index (χ1n) is 4.70. The maximum atomic E-state index is 9.31. The maximum absolute atomic E-state index is 9.31. The van der Waals surface area contributed by atoms with Crippen LogP contribution in [0.3, 0.4) is 0 Å². The second-order valence-electron chi connectivity index (χ2n) is 3.34. The third kappa shape index (κ3) is 2.17. The van der Waals surface area contributed by atoms with Crippen LogP contribution in [-0.4, -0.2) is 35.2 Å². The van der Waals surface area contributed by atoms with Crippen LogP contribution in [0.25, 0.3) is 0 Å². The van der Waals surface area contributed by atoms with Crippen LogP contribution in [0.15, 0.2) is 0 Å². The van der Waals surface area contributed by atoms with Gasteiger partial charge >= 0.3 is 0 Å². The zero-order valence-corrected chi connectivity index (χ0v) is 7.58. The number of aliphatic hydroxyl groups is 1. The molecule has 0 bridgehead atoms. The fourth-order valence-corrected chi connectivity index (χ4v) is 2.01. The molecule has 1 aliphatic rings. The molecule has 0 aliphatic heterocycles. The summed E-state index contributed by atoms with van der Waals surface area (Å²) in [6.07, 6.45) is 3.15. The molecule has 2 nitrogen and oxygen atoms in total. The van der Waals surface area contributed by atoms with Crippen molar-refractivity contribution in [1.82, 2.24) is 4.90 Å². The normalized spacial score (nSPS) is 31.6. The van der Waals surface area contributed by atoms with Crippen LogP contribution in [0, 0.1) is 0 Å². The highest BCUT2D eigenvalue weighted by Gasteiger charge is 2.25. The Hall–Kier alpha value is -0.0800. The molecule has 0 spiro atoms. The van der Waals surface area contributed by atoms with E-state index in [1.807, 2.05) is 0 Å². The van der Waals surface area contributed by atoms with Crippen molar-refractivity contribution in [2.75, 3.05) is 13.1 Å². The lowest BCUT2D eigenvalue weighted by Crippen LogP contribution is -2.33. The Morgan fingerprint density at radius 1 is 1.27 bits per heavy atom. The van der Waals surface area contributed by atoms with Crippen molar-refractivity contribution < 1.29 is 5.11 Å². The van der Waals surface area contributed by atoms with Gasteiger partial charge in [-0.15, -0.1) is 0 Å². The smallest absolute Gasteiger partial charge is 0.0555 e. The molecule has 1 aliphatic carbocycles. The number of hydrogen-bond donors (Lipinski definition) is 1. The van der Waals surface area contributed by atoms with E-state index in [1.165, 1.54) is 6.42 Å². The van der Waals surface area contributed by atoms with E-state index < -0.39 is 0 Å². The molecule has 11 heavy (non-hydrogen) atoms. The van der Waals surface area contributed by atoms with Crippen molar-refractivity contribution in [3.63, 3.8) is 0 Å². The van der Waals surface area contributed by atoms with Gasteiger partial charge in [0.2, 0.25) is 0 Å². The fraction of sp³-hybridized carbons (Fsp3) is 1.00. The van der Waals surface area contributed by atoms with E-state index in [9.17, 15) is 5.11 Å². The molecule has 2 unspecified atom stereocenters. The summed E-state index contributed by atoms with van der Waals surface area (Å²) in [7, 11) is 0. The second-order valence-corrected chi connectivity index (χ2v) is 3.34. The molecule has 1 rings (SSSR count). The van der Waals surface area contributed by atoms with Gasteiger partial charge in [0.15, 0.2) is 0 Å². The van der Waals surface area contributed by atoms with Gasteiger partial charge in [0.05, 0.1) is 6.10 Å². The van der Waals surface area contributed by atoms with E-state index in [4.69, 9.17) is 0 Å². The first-order chi connectivity index (χ1) is 5.27. The average Bonchev–Trinajstić information content (AvgIpc) is 2.39. The summed E-state index contributed by atoms with van der Waals surface area (Å²) in [5.41, 5.74) is 0. The van der Waals surface area contributed by atoms with Gasteiger partial charge in [0.25, 0.3) is 0 Å². The summed E-state index contributed by atoms with van der Waals surface area (Å²) in [5, 5.41) is 9.31. The predicted molar refractivity (Wildman–Crippen MR) is 46.6 cm³/mol. The Morgan fingerprint density at radius 2 is 1.91 bits per heavy atom. The third-order valence-corrected chi connectivity index (χ3v) is 2.71. The molecular weight excluding hydrogens is 138 g/mol. The molecule has 0 amide bonds. The zero-order chi connectivity index (χ0) is 8.27. The number of hydrogen-bond acceptors (Lipinski definition) is 2. The quantitative estimate of drug-likeness (QED) is 0.666. The summed E-state index contributed by atoms with van der Waals surface area (Å²) in [6, 6.07) is 0.653. The van der Waals surface area contributed by atoms with E-state index in [2.05, 4.69) is 18.7 Å². The molecule has 0 radical (unpaired) electrons. The molecule has 66 valence electrons. The Morgan fingerprint density at radius 3 is 2.27 bits per heavy atom. The molecule has 0 aromatic carbocycles. The summed E-state index contributed by atoms with van der Waals surface area (Å²) < 4.78 is 0. The van der Waals surface area contributed by atoms with Crippen LogP contribution in [0.2, 0.25) is 0 Å². The van der Waals surface area contributed by atoms with Gasteiger partial charge in [0, 0.05) is 6.04 Å². The van der Waals surface area contributed by atoms with Crippen LogP contribution in [0.4, 0.5) is 0 Å². The van der Waals surface area contributed by atoms with Crippen molar-refractivity contribution in [3.05, 3.63) is 0 Å². The van der Waals surface area contributed by atoms with Gasteiger partial charge in [-0.05, 0) is 32.4 Å². The van der Waals surface area contributed by atoms with E-state index in [0.717, 1.165) is 25.9 Å². The van der Waals surface area contributed by atoms with Crippen LogP contribution >= 0.6 is 0 Å². The summed E-state index contributed by atoms with van der Waals surface area (Å²) in [5.74, 6) is 0. The number of nitrogens with zero attached hydrogens (tertiary/aromatic N) is 1. The van der Waals surface area contributed by atoms with Gasteiger partial charge in [-0.25, -0.2) is 0 Å². The fourth-order valence-electron chi connectivity index (χ4n) is 2.01. The Kier molecular flexibility index (Phi) is 3.34. The topological polar surface area (TPSA) is 23.5 Å². The Bertz CT molecular complexity index is 112. The molecule has 2 atom stereocenters. The zero-order valence-electron chi connectivity index (χ0n) is 7.58. The molecule has 0 saturated heterocycles. The van der Waals surface area contributed by atoms with Crippen molar-refractivity contribution in [1.29, 1.82) is 0 Å². The highest BCUT2D eigenvalue weighted by Crippen LogP contribution is 2.23. The Balaban J connectivity index is 2.34. The first-order valence-corrected chi connectivity index (χ1v) is 4.70. The van der Waals surface area contributed by atoms with Gasteiger partial charge in [-0.1, -0.05) is 13.8 Å². The SMILES string of the molecule is CCN(CC)C1CCC(O)C1. The van der Waals surface area contributed by atoms with Crippen LogP contribution in [0.5, 0.6) is 0 Å². The lowest BCUT2D eigenvalue weighted by Gasteiger charge is -2.25. The molecule has 2 heteroatoms. The Labute approximate surface area is 69.2 Å².